The zero-order valence-electron chi connectivity index (χ0n) is 39.0. The van der Waals surface area contributed by atoms with Crippen LogP contribution in [0.3, 0.4) is 0 Å². The number of aliphatic hydroxyl groups excluding tert-OH is 4. The van der Waals surface area contributed by atoms with Crippen LogP contribution in [0.4, 0.5) is 0 Å². The molecule has 10 heteroatoms. The Bertz CT molecular complexity index is 948. The molecule has 0 bridgehead atoms. The lowest BCUT2D eigenvalue weighted by Crippen LogP contribution is -2.59. The van der Waals surface area contributed by atoms with Gasteiger partial charge in [-0.2, -0.15) is 0 Å². The second kappa shape index (κ2) is 41.7. The molecule has 0 radical (unpaired) electrons. The summed E-state index contributed by atoms with van der Waals surface area (Å²) in [6, 6.07) is 0. The van der Waals surface area contributed by atoms with E-state index < -0.39 is 49.4 Å². The first kappa shape index (κ1) is 56.7. The van der Waals surface area contributed by atoms with Crippen molar-refractivity contribution < 1.29 is 49.0 Å². The predicted octanol–water partition coefficient (Wildman–Crippen LogP) is 11.7. The number of carbonyl (C=O) groups is 2. The molecule has 0 amide bonds. The number of hydrogen-bond donors (Lipinski definition) is 4. The van der Waals surface area contributed by atoms with E-state index in [2.05, 4.69) is 13.8 Å². The molecule has 356 valence electrons. The topological polar surface area (TPSA) is 152 Å². The third-order valence-corrected chi connectivity index (χ3v) is 12.2. The van der Waals surface area contributed by atoms with Crippen LogP contribution < -0.4 is 0 Å². The number of ether oxygens (including phenoxy) is 4. The molecule has 0 aliphatic carbocycles. The Balaban J connectivity index is 2.23. The first-order valence-corrected chi connectivity index (χ1v) is 25.6. The fourth-order valence-corrected chi connectivity index (χ4v) is 8.19. The molecule has 1 fully saturated rings. The Labute approximate surface area is 368 Å². The van der Waals surface area contributed by atoms with Crippen LogP contribution in [0, 0.1) is 0 Å². The lowest BCUT2D eigenvalue weighted by atomic mass is 9.99. The zero-order valence-corrected chi connectivity index (χ0v) is 39.0. The van der Waals surface area contributed by atoms with Gasteiger partial charge in [0.15, 0.2) is 12.4 Å². The maximum atomic E-state index is 12.8. The lowest BCUT2D eigenvalue weighted by molar-refractivity contribution is -0.305. The van der Waals surface area contributed by atoms with E-state index >= 15 is 0 Å². The number of hydrogen-bond acceptors (Lipinski definition) is 10. The summed E-state index contributed by atoms with van der Waals surface area (Å²) in [5, 5.41) is 40.2. The minimum atomic E-state index is -1.59. The average molecular weight is 857 g/mol. The highest BCUT2D eigenvalue weighted by atomic mass is 16.7. The summed E-state index contributed by atoms with van der Waals surface area (Å²) in [4.78, 5) is 25.4. The van der Waals surface area contributed by atoms with Gasteiger partial charge in [-0.3, -0.25) is 9.59 Å². The number of unbranched alkanes of at least 4 members (excludes halogenated alkanes) is 33. The largest absolute Gasteiger partial charge is 0.462 e. The molecule has 60 heavy (non-hydrogen) atoms. The van der Waals surface area contributed by atoms with Crippen LogP contribution in [0.5, 0.6) is 0 Å². The lowest BCUT2D eigenvalue weighted by Gasteiger charge is -2.39. The molecule has 6 atom stereocenters. The van der Waals surface area contributed by atoms with E-state index in [1.807, 2.05) is 0 Å². The Morgan fingerprint density at radius 1 is 0.450 bits per heavy atom. The van der Waals surface area contributed by atoms with Gasteiger partial charge in [0, 0.05) is 12.8 Å². The second-order valence-corrected chi connectivity index (χ2v) is 18.0. The standard InChI is InChI=1S/C50H96O10/c1-3-5-7-9-11-13-15-17-19-20-21-22-23-24-25-27-29-31-33-35-37-39-46(53)59-43(42-58-50-49(56)48(55)47(54)44(40-51)60-50)41-57-45(52)38-36-34-32-30-28-26-18-16-14-12-10-8-6-4-2/h43-44,47-51,54-56H,3-42H2,1-2H3. The number of carbonyl (C=O) groups excluding carboxylic acids is 2. The predicted molar refractivity (Wildman–Crippen MR) is 243 cm³/mol. The highest BCUT2D eigenvalue weighted by Gasteiger charge is 2.44. The van der Waals surface area contributed by atoms with Crippen LogP contribution in [0.25, 0.3) is 0 Å². The molecule has 10 nitrogen and oxygen atoms in total. The third kappa shape index (κ3) is 32.4. The van der Waals surface area contributed by atoms with Crippen molar-refractivity contribution in [2.24, 2.45) is 0 Å². The number of esters is 2. The highest BCUT2D eigenvalue weighted by molar-refractivity contribution is 5.70. The van der Waals surface area contributed by atoms with E-state index in [4.69, 9.17) is 18.9 Å². The van der Waals surface area contributed by atoms with Crippen molar-refractivity contribution in [2.75, 3.05) is 19.8 Å². The van der Waals surface area contributed by atoms with E-state index in [0.717, 1.165) is 32.1 Å². The van der Waals surface area contributed by atoms with Gasteiger partial charge in [-0.15, -0.1) is 0 Å². The second-order valence-electron chi connectivity index (χ2n) is 18.0. The maximum Gasteiger partial charge on any atom is 0.306 e. The summed E-state index contributed by atoms with van der Waals surface area (Å²) in [5.74, 6) is -0.787. The molecular weight excluding hydrogens is 761 g/mol. The maximum absolute atomic E-state index is 12.8. The van der Waals surface area contributed by atoms with E-state index in [9.17, 15) is 30.0 Å². The van der Waals surface area contributed by atoms with Gasteiger partial charge in [0.2, 0.25) is 0 Å². The number of rotatable bonds is 44. The molecule has 6 unspecified atom stereocenters. The van der Waals surface area contributed by atoms with Crippen LogP contribution in [-0.4, -0.2) is 89.0 Å². The molecule has 4 N–H and O–H groups in total. The normalized spacial score (nSPS) is 19.7. The first-order valence-electron chi connectivity index (χ1n) is 25.6. The summed E-state index contributed by atoms with van der Waals surface area (Å²) in [6.07, 6.45) is 36.8. The van der Waals surface area contributed by atoms with E-state index in [0.29, 0.717) is 6.42 Å². The molecule has 0 aromatic heterocycles. The molecular formula is C50H96O10. The third-order valence-electron chi connectivity index (χ3n) is 12.2. The minimum absolute atomic E-state index is 0.208. The summed E-state index contributed by atoms with van der Waals surface area (Å²) >= 11 is 0. The van der Waals surface area contributed by atoms with Crippen molar-refractivity contribution in [3.8, 4) is 0 Å². The van der Waals surface area contributed by atoms with E-state index in [1.54, 1.807) is 0 Å². The minimum Gasteiger partial charge on any atom is -0.462 e. The molecule has 0 aromatic rings. The van der Waals surface area contributed by atoms with Crippen LogP contribution >= 0.6 is 0 Å². The van der Waals surface area contributed by atoms with Gasteiger partial charge in [-0.25, -0.2) is 0 Å². The van der Waals surface area contributed by atoms with Crippen molar-refractivity contribution >= 4 is 11.9 Å². The average Bonchev–Trinajstić information content (AvgIpc) is 3.25. The Morgan fingerprint density at radius 3 is 1.13 bits per heavy atom. The van der Waals surface area contributed by atoms with Crippen molar-refractivity contribution in [2.45, 2.75) is 288 Å². The Kier molecular flexibility index (Phi) is 39.4. The van der Waals surface area contributed by atoms with E-state index in [1.165, 1.54) is 186 Å². The summed E-state index contributed by atoms with van der Waals surface area (Å²) in [7, 11) is 0. The smallest absolute Gasteiger partial charge is 0.306 e. The van der Waals surface area contributed by atoms with Crippen molar-refractivity contribution in [3.63, 3.8) is 0 Å². The molecule has 0 spiro atoms. The molecule has 1 rings (SSSR count). The fraction of sp³-hybridized carbons (Fsp3) is 0.960. The molecule has 0 aromatic carbocycles. The van der Waals surface area contributed by atoms with Crippen LogP contribution in [0.1, 0.15) is 251 Å². The first-order chi connectivity index (χ1) is 29.3. The summed E-state index contributed by atoms with van der Waals surface area (Å²) in [5.41, 5.74) is 0. The molecule has 1 saturated heterocycles. The van der Waals surface area contributed by atoms with Gasteiger partial charge >= 0.3 is 11.9 Å². The van der Waals surface area contributed by atoms with Crippen molar-refractivity contribution in [3.05, 3.63) is 0 Å². The SMILES string of the molecule is CCCCCCCCCCCCCCCCCCCCCCCC(=O)OC(COC(=O)CCCCCCCCCCCCCCCC)COC1OC(CO)C(O)C(O)C1O. The van der Waals surface area contributed by atoms with Gasteiger partial charge < -0.3 is 39.4 Å². The van der Waals surface area contributed by atoms with Gasteiger partial charge in [0.1, 0.15) is 31.0 Å². The molecule has 0 saturated carbocycles. The van der Waals surface area contributed by atoms with Crippen LogP contribution in [0.2, 0.25) is 0 Å². The quantitative estimate of drug-likeness (QED) is 0.0344. The summed E-state index contributed by atoms with van der Waals surface area (Å²) in [6.45, 7) is 3.47. The number of aliphatic hydroxyl groups is 4. The van der Waals surface area contributed by atoms with E-state index in [-0.39, 0.29) is 32.0 Å². The van der Waals surface area contributed by atoms with Crippen LogP contribution in [-0.2, 0) is 28.5 Å². The van der Waals surface area contributed by atoms with Crippen molar-refractivity contribution in [1.82, 2.24) is 0 Å². The molecule has 1 aliphatic rings. The fourth-order valence-electron chi connectivity index (χ4n) is 8.19. The molecule has 1 aliphatic heterocycles. The van der Waals surface area contributed by atoms with Gasteiger partial charge in [-0.05, 0) is 12.8 Å². The van der Waals surface area contributed by atoms with Crippen molar-refractivity contribution in [1.29, 1.82) is 0 Å². The van der Waals surface area contributed by atoms with Gasteiger partial charge in [-0.1, -0.05) is 226 Å². The van der Waals surface area contributed by atoms with Crippen LogP contribution in [0.15, 0.2) is 0 Å². The highest BCUT2D eigenvalue weighted by Crippen LogP contribution is 2.23. The van der Waals surface area contributed by atoms with Gasteiger partial charge in [0.05, 0.1) is 13.2 Å². The van der Waals surface area contributed by atoms with Gasteiger partial charge in [0.25, 0.3) is 0 Å². The Morgan fingerprint density at radius 2 is 0.783 bits per heavy atom. The Hall–Kier alpha value is -1.30. The monoisotopic (exact) mass is 857 g/mol. The zero-order chi connectivity index (χ0) is 43.7. The summed E-state index contributed by atoms with van der Waals surface area (Å²) < 4.78 is 22.2. The molecule has 1 heterocycles.